The van der Waals surface area contributed by atoms with Crippen molar-refractivity contribution in [2.45, 2.75) is 0 Å². The molecule has 0 radical (unpaired) electrons. The Morgan fingerprint density at radius 3 is 2.76 bits per heavy atom. The van der Waals surface area contributed by atoms with Crippen molar-refractivity contribution in [2.24, 2.45) is 0 Å². The number of hydrogen-bond donors (Lipinski definition) is 0. The zero-order valence-electron chi connectivity index (χ0n) is 9.32. The molecule has 6 heteroatoms. The topological polar surface area (TPSA) is 60.5 Å². The standard InChI is InChI=1S/C11H12N6/c12-8-15-4-6-16(7-5-15)11-3-1-2-10-13-9-14-17(10)11/h1-3,9H,4-7H2. The van der Waals surface area contributed by atoms with Gasteiger partial charge in [-0.25, -0.2) is 4.98 Å². The smallest absolute Gasteiger partial charge is 0.179 e. The van der Waals surface area contributed by atoms with E-state index in [2.05, 4.69) is 21.2 Å². The zero-order chi connectivity index (χ0) is 11.7. The first-order valence-corrected chi connectivity index (χ1v) is 5.57. The van der Waals surface area contributed by atoms with E-state index in [1.165, 1.54) is 0 Å². The van der Waals surface area contributed by atoms with Gasteiger partial charge in [0.25, 0.3) is 0 Å². The molecule has 0 aliphatic carbocycles. The molecule has 2 aromatic heterocycles. The van der Waals surface area contributed by atoms with Gasteiger partial charge in [0.2, 0.25) is 0 Å². The lowest BCUT2D eigenvalue weighted by atomic mass is 10.3. The second-order valence-electron chi connectivity index (χ2n) is 3.99. The summed E-state index contributed by atoms with van der Waals surface area (Å²) in [4.78, 5) is 8.18. The maximum absolute atomic E-state index is 8.82. The van der Waals surface area contributed by atoms with Crippen molar-refractivity contribution in [1.29, 1.82) is 5.26 Å². The van der Waals surface area contributed by atoms with Crippen LogP contribution in [-0.2, 0) is 0 Å². The number of nitrogens with zero attached hydrogens (tertiary/aromatic N) is 6. The van der Waals surface area contributed by atoms with Crippen LogP contribution in [0.2, 0.25) is 0 Å². The van der Waals surface area contributed by atoms with E-state index in [4.69, 9.17) is 5.26 Å². The third-order valence-electron chi connectivity index (χ3n) is 3.03. The monoisotopic (exact) mass is 228 g/mol. The van der Waals surface area contributed by atoms with Gasteiger partial charge in [0.05, 0.1) is 0 Å². The molecule has 1 aliphatic rings. The first kappa shape index (κ1) is 9.90. The van der Waals surface area contributed by atoms with Gasteiger partial charge in [-0.05, 0) is 12.1 Å². The van der Waals surface area contributed by atoms with Crippen molar-refractivity contribution in [3.63, 3.8) is 0 Å². The summed E-state index contributed by atoms with van der Waals surface area (Å²) in [5.74, 6) is 1.04. The van der Waals surface area contributed by atoms with Gasteiger partial charge in [-0.2, -0.15) is 14.9 Å². The Bertz CT molecular complexity index is 561. The third-order valence-corrected chi connectivity index (χ3v) is 3.03. The number of anilines is 1. The fraction of sp³-hybridized carbons (Fsp3) is 0.364. The van der Waals surface area contributed by atoms with E-state index in [0.29, 0.717) is 0 Å². The first-order valence-electron chi connectivity index (χ1n) is 5.57. The summed E-state index contributed by atoms with van der Waals surface area (Å²) in [5.41, 5.74) is 0.852. The van der Waals surface area contributed by atoms with Crippen LogP contribution in [-0.4, -0.2) is 45.7 Å². The molecule has 0 aromatic carbocycles. The Balaban J connectivity index is 1.90. The van der Waals surface area contributed by atoms with Gasteiger partial charge < -0.3 is 9.80 Å². The molecule has 0 spiro atoms. The fourth-order valence-electron chi connectivity index (χ4n) is 2.11. The van der Waals surface area contributed by atoms with Gasteiger partial charge in [0.15, 0.2) is 11.8 Å². The highest BCUT2D eigenvalue weighted by Gasteiger charge is 2.18. The molecule has 1 aliphatic heterocycles. The number of fused-ring (bicyclic) bond motifs is 1. The number of nitriles is 1. The van der Waals surface area contributed by atoms with Crippen LogP contribution in [0.3, 0.4) is 0 Å². The second kappa shape index (κ2) is 3.94. The van der Waals surface area contributed by atoms with E-state index < -0.39 is 0 Å². The summed E-state index contributed by atoms with van der Waals surface area (Å²) in [6, 6.07) is 5.95. The molecule has 3 rings (SSSR count). The van der Waals surface area contributed by atoms with Gasteiger partial charge in [-0.15, -0.1) is 0 Å². The highest BCUT2D eigenvalue weighted by Crippen LogP contribution is 2.16. The Kier molecular flexibility index (Phi) is 2.29. The molecule has 0 N–H and O–H groups in total. The summed E-state index contributed by atoms with van der Waals surface area (Å²) in [5, 5.41) is 13.0. The maximum atomic E-state index is 8.82. The summed E-state index contributed by atoms with van der Waals surface area (Å²) in [6.45, 7) is 3.21. The summed E-state index contributed by atoms with van der Waals surface area (Å²) < 4.78 is 1.84. The van der Waals surface area contributed by atoms with Crippen LogP contribution in [0.5, 0.6) is 0 Å². The number of hydrogen-bond acceptors (Lipinski definition) is 5. The highest BCUT2D eigenvalue weighted by atomic mass is 15.4. The minimum absolute atomic E-state index is 0.765. The lowest BCUT2D eigenvalue weighted by Gasteiger charge is -2.33. The van der Waals surface area contributed by atoms with Crippen LogP contribution in [0.1, 0.15) is 0 Å². The minimum atomic E-state index is 0.765. The number of rotatable bonds is 1. The zero-order valence-corrected chi connectivity index (χ0v) is 9.32. The SMILES string of the molecule is N#CN1CCN(c2cccc3ncnn23)CC1. The van der Waals surface area contributed by atoms with Crippen molar-refractivity contribution in [3.05, 3.63) is 24.5 Å². The van der Waals surface area contributed by atoms with E-state index in [1.807, 2.05) is 22.7 Å². The number of piperazine rings is 1. The number of pyridine rings is 1. The van der Waals surface area contributed by atoms with Crippen LogP contribution in [0, 0.1) is 11.5 Å². The van der Waals surface area contributed by atoms with Crippen molar-refractivity contribution in [2.75, 3.05) is 31.1 Å². The van der Waals surface area contributed by atoms with Crippen LogP contribution in [0.4, 0.5) is 5.82 Å². The molecule has 3 heterocycles. The molecule has 86 valence electrons. The molecule has 1 fully saturated rings. The maximum Gasteiger partial charge on any atom is 0.179 e. The quantitative estimate of drug-likeness (QED) is 0.658. The number of aromatic nitrogens is 3. The molecule has 1 saturated heterocycles. The van der Waals surface area contributed by atoms with Gasteiger partial charge in [0, 0.05) is 26.2 Å². The highest BCUT2D eigenvalue weighted by molar-refractivity contribution is 5.50. The minimum Gasteiger partial charge on any atom is -0.353 e. The van der Waals surface area contributed by atoms with Crippen molar-refractivity contribution >= 4 is 11.5 Å². The molecule has 0 unspecified atom stereocenters. The van der Waals surface area contributed by atoms with E-state index >= 15 is 0 Å². The van der Waals surface area contributed by atoms with Gasteiger partial charge >= 0.3 is 0 Å². The predicted octanol–water partition coefficient (Wildman–Crippen LogP) is 0.332. The lowest BCUT2D eigenvalue weighted by molar-refractivity contribution is 0.361. The second-order valence-corrected chi connectivity index (χ2v) is 3.99. The molecule has 2 aromatic rings. The van der Waals surface area contributed by atoms with Crippen molar-refractivity contribution in [1.82, 2.24) is 19.5 Å². The van der Waals surface area contributed by atoms with Crippen molar-refractivity contribution in [3.8, 4) is 6.19 Å². The average Bonchev–Trinajstić information content (AvgIpc) is 2.87. The fourth-order valence-corrected chi connectivity index (χ4v) is 2.11. The summed E-state index contributed by atoms with van der Waals surface area (Å²) in [6.07, 6.45) is 3.74. The van der Waals surface area contributed by atoms with Crippen LogP contribution in [0.15, 0.2) is 24.5 Å². The van der Waals surface area contributed by atoms with Gasteiger partial charge in [-0.3, -0.25) is 0 Å². The molecule has 6 nitrogen and oxygen atoms in total. The van der Waals surface area contributed by atoms with Crippen LogP contribution in [0.25, 0.3) is 5.65 Å². The summed E-state index contributed by atoms with van der Waals surface area (Å²) in [7, 11) is 0. The van der Waals surface area contributed by atoms with E-state index in [-0.39, 0.29) is 0 Å². The Morgan fingerprint density at radius 2 is 2.00 bits per heavy atom. The van der Waals surface area contributed by atoms with E-state index in [9.17, 15) is 0 Å². The normalized spacial score (nSPS) is 16.2. The molecule has 0 amide bonds. The van der Waals surface area contributed by atoms with Gasteiger partial charge in [-0.1, -0.05) is 6.07 Å². The Hall–Kier alpha value is -2.29. The molecule has 17 heavy (non-hydrogen) atoms. The molecule has 0 bridgehead atoms. The predicted molar refractivity (Wildman–Crippen MR) is 62.4 cm³/mol. The molecule has 0 saturated carbocycles. The molecular weight excluding hydrogens is 216 g/mol. The van der Waals surface area contributed by atoms with Gasteiger partial charge in [0.1, 0.15) is 12.1 Å². The average molecular weight is 228 g/mol. The van der Waals surface area contributed by atoms with Crippen LogP contribution < -0.4 is 4.90 Å². The molecule has 0 atom stereocenters. The largest absolute Gasteiger partial charge is 0.353 e. The van der Waals surface area contributed by atoms with Crippen molar-refractivity contribution < 1.29 is 0 Å². The first-order chi connectivity index (χ1) is 8.38. The van der Waals surface area contributed by atoms with E-state index in [1.54, 1.807) is 11.2 Å². The Labute approximate surface area is 98.7 Å². The summed E-state index contributed by atoms with van der Waals surface area (Å²) >= 11 is 0. The third kappa shape index (κ3) is 1.65. The van der Waals surface area contributed by atoms with Crippen LogP contribution >= 0.6 is 0 Å². The lowest BCUT2D eigenvalue weighted by Crippen LogP contribution is -2.44. The Morgan fingerprint density at radius 1 is 1.18 bits per heavy atom. The van der Waals surface area contributed by atoms with E-state index in [0.717, 1.165) is 37.6 Å². The molecular formula is C11H12N6.